The molecule has 1 aromatic rings. The maximum absolute atomic E-state index is 12.5. The van der Waals surface area contributed by atoms with Gasteiger partial charge in [0.25, 0.3) is 0 Å². The molecule has 0 amide bonds. The molecule has 1 aromatic carbocycles. The van der Waals surface area contributed by atoms with Gasteiger partial charge >= 0.3 is 5.97 Å². The molecule has 0 aromatic heterocycles. The number of carboxylic acids is 1. The minimum atomic E-state index is -4.02. The first kappa shape index (κ1) is 16.6. The van der Waals surface area contributed by atoms with Crippen molar-refractivity contribution in [2.45, 2.75) is 18.2 Å². The van der Waals surface area contributed by atoms with E-state index in [1.165, 1.54) is 12.1 Å². The molecular formula is C12H13BrN2O4S. The fourth-order valence-electron chi connectivity index (χ4n) is 1.63. The number of nitrogens with zero attached hydrogens (tertiary/aromatic N) is 2. The van der Waals surface area contributed by atoms with Gasteiger partial charge in [0.1, 0.15) is 17.5 Å². The van der Waals surface area contributed by atoms with Crippen LogP contribution in [0.4, 0.5) is 0 Å². The molecule has 0 unspecified atom stereocenters. The molecule has 0 radical (unpaired) electrons. The van der Waals surface area contributed by atoms with Crippen LogP contribution in [0.25, 0.3) is 0 Å². The van der Waals surface area contributed by atoms with Crippen LogP contribution in [0.1, 0.15) is 18.9 Å². The average Bonchev–Trinajstić information content (AvgIpc) is 2.37. The molecule has 6 nitrogen and oxygen atoms in total. The van der Waals surface area contributed by atoms with Crippen molar-refractivity contribution in [3.8, 4) is 6.07 Å². The first-order valence-corrected chi connectivity index (χ1v) is 7.97. The van der Waals surface area contributed by atoms with Crippen molar-refractivity contribution in [2.75, 3.05) is 13.1 Å². The van der Waals surface area contributed by atoms with Gasteiger partial charge in [0.15, 0.2) is 0 Å². The smallest absolute Gasteiger partial charge is 0.318 e. The van der Waals surface area contributed by atoms with Crippen molar-refractivity contribution in [1.82, 2.24) is 4.31 Å². The SMILES string of the molecule is CCCN(CC(=O)O)S(=O)(=O)c1cc(Br)ccc1C#N. The van der Waals surface area contributed by atoms with Gasteiger partial charge in [-0.2, -0.15) is 9.57 Å². The van der Waals surface area contributed by atoms with Crippen molar-refractivity contribution >= 4 is 31.9 Å². The molecule has 0 spiro atoms. The summed E-state index contributed by atoms with van der Waals surface area (Å²) in [4.78, 5) is 10.6. The molecule has 0 aliphatic heterocycles. The van der Waals surface area contributed by atoms with Crippen molar-refractivity contribution in [3.05, 3.63) is 28.2 Å². The van der Waals surface area contributed by atoms with Gasteiger partial charge in [-0.15, -0.1) is 0 Å². The van der Waals surface area contributed by atoms with E-state index >= 15 is 0 Å². The lowest BCUT2D eigenvalue weighted by Crippen LogP contribution is -2.36. The molecule has 0 bridgehead atoms. The monoisotopic (exact) mass is 360 g/mol. The van der Waals surface area contributed by atoms with Crippen molar-refractivity contribution in [3.63, 3.8) is 0 Å². The van der Waals surface area contributed by atoms with Gasteiger partial charge in [0.05, 0.1) is 5.56 Å². The Bertz CT molecular complexity index is 652. The Morgan fingerprint density at radius 2 is 2.15 bits per heavy atom. The Balaban J connectivity index is 3.36. The summed E-state index contributed by atoms with van der Waals surface area (Å²) in [5, 5.41) is 17.8. The number of halogens is 1. The summed E-state index contributed by atoms with van der Waals surface area (Å²) in [5.74, 6) is -1.24. The minimum absolute atomic E-state index is 0.0142. The number of nitriles is 1. The Hall–Kier alpha value is -1.43. The quantitative estimate of drug-likeness (QED) is 0.833. The van der Waals surface area contributed by atoms with Gasteiger partial charge in [-0.3, -0.25) is 4.79 Å². The van der Waals surface area contributed by atoms with Crippen molar-refractivity contribution in [2.24, 2.45) is 0 Å². The number of benzene rings is 1. The van der Waals surface area contributed by atoms with Crippen LogP contribution in [0.15, 0.2) is 27.6 Å². The van der Waals surface area contributed by atoms with Gasteiger partial charge in [-0.1, -0.05) is 22.9 Å². The molecule has 0 saturated heterocycles. The van der Waals surface area contributed by atoms with E-state index in [9.17, 15) is 13.2 Å². The van der Waals surface area contributed by atoms with E-state index < -0.39 is 22.5 Å². The first-order chi connectivity index (χ1) is 9.32. The third-order valence-corrected chi connectivity index (χ3v) is 4.84. The summed E-state index contributed by atoms with van der Waals surface area (Å²) >= 11 is 3.15. The Kier molecular flexibility index (Phi) is 5.68. The number of aliphatic carboxylic acids is 1. The van der Waals surface area contributed by atoms with Gasteiger partial charge in [0, 0.05) is 11.0 Å². The van der Waals surface area contributed by atoms with E-state index in [1.807, 2.05) is 0 Å². The zero-order valence-corrected chi connectivity index (χ0v) is 13.1. The molecular weight excluding hydrogens is 348 g/mol. The highest BCUT2D eigenvalue weighted by Crippen LogP contribution is 2.24. The topological polar surface area (TPSA) is 98.5 Å². The second kappa shape index (κ2) is 6.83. The van der Waals surface area contributed by atoms with E-state index in [2.05, 4.69) is 15.9 Å². The molecule has 0 aliphatic carbocycles. The highest BCUT2D eigenvalue weighted by atomic mass is 79.9. The summed E-state index contributed by atoms with van der Waals surface area (Å²) in [6.07, 6.45) is 0.475. The highest BCUT2D eigenvalue weighted by Gasteiger charge is 2.28. The average molecular weight is 361 g/mol. The normalized spacial score (nSPS) is 11.3. The Labute approximate surface area is 125 Å². The minimum Gasteiger partial charge on any atom is -0.480 e. The maximum Gasteiger partial charge on any atom is 0.318 e. The molecule has 1 N–H and O–H groups in total. The van der Waals surface area contributed by atoms with Crippen LogP contribution in [-0.2, 0) is 14.8 Å². The van der Waals surface area contributed by atoms with Crippen LogP contribution in [-0.4, -0.2) is 36.9 Å². The molecule has 0 heterocycles. The molecule has 20 heavy (non-hydrogen) atoms. The van der Waals surface area contributed by atoms with Gasteiger partial charge in [-0.05, 0) is 24.6 Å². The second-order valence-electron chi connectivity index (χ2n) is 3.98. The number of hydrogen-bond donors (Lipinski definition) is 1. The first-order valence-electron chi connectivity index (χ1n) is 5.74. The largest absolute Gasteiger partial charge is 0.480 e. The van der Waals surface area contributed by atoms with Crippen LogP contribution in [0.2, 0.25) is 0 Å². The summed E-state index contributed by atoms with van der Waals surface area (Å²) in [7, 11) is -4.02. The van der Waals surface area contributed by atoms with Crippen LogP contribution in [0.3, 0.4) is 0 Å². The third-order valence-electron chi connectivity index (χ3n) is 2.47. The highest BCUT2D eigenvalue weighted by molar-refractivity contribution is 9.10. The number of rotatable bonds is 6. The van der Waals surface area contributed by atoms with E-state index in [0.29, 0.717) is 10.9 Å². The number of sulfonamides is 1. The maximum atomic E-state index is 12.5. The van der Waals surface area contributed by atoms with Gasteiger partial charge < -0.3 is 5.11 Å². The lowest BCUT2D eigenvalue weighted by Gasteiger charge is -2.20. The summed E-state index contributed by atoms with van der Waals surface area (Å²) in [5.41, 5.74) is -0.0142. The predicted octanol–water partition coefficient (Wildman–Crippen LogP) is 1.81. The van der Waals surface area contributed by atoms with Crippen molar-refractivity contribution < 1.29 is 18.3 Å². The zero-order valence-electron chi connectivity index (χ0n) is 10.7. The molecule has 0 fully saturated rings. The van der Waals surface area contributed by atoms with Crippen LogP contribution in [0, 0.1) is 11.3 Å². The fourth-order valence-corrected chi connectivity index (χ4v) is 3.79. The number of carbonyl (C=O) groups is 1. The summed E-state index contributed by atoms with van der Waals surface area (Å²) in [6.45, 7) is 1.19. The van der Waals surface area contributed by atoms with Crippen LogP contribution >= 0.6 is 15.9 Å². The molecule has 8 heteroatoms. The fraction of sp³-hybridized carbons (Fsp3) is 0.333. The van der Waals surface area contributed by atoms with Gasteiger partial charge in [-0.25, -0.2) is 8.42 Å². The van der Waals surface area contributed by atoms with Crippen LogP contribution in [0.5, 0.6) is 0 Å². The third kappa shape index (κ3) is 3.79. The number of hydrogen-bond acceptors (Lipinski definition) is 4. The molecule has 0 atom stereocenters. The number of carboxylic acid groups (broad SMARTS) is 1. The van der Waals surface area contributed by atoms with E-state index in [1.54, 1.807) is 19.1 Å². The lowest BCUT2D eigenvalue weighted by atomic mass is 10.2. The molecule has 0 aliphatic rings. The lowest BCUT2D eigenvalue weighted by molar-refractivity contribution is -0.137. The summed E-state index contributed by atoms with van der Waals surface area (Å²) in [6, 6.07) is 6.04. The van der Waals surface area contributed by atoms with E-state index in [4.69, 9.17) is 10.4 Å². The van der Waals surface area contributed by atoms with Crippen LogP contribution < -0.4 is 0 Å². The van der Waals surface area contributed by atoms with Crippen molar-refractivity contribution in [1.29, 1.82) is 5.26 Å². The Morgan fingerprint density at radius 3 is 2.65 bits per heavy atom. The molecule has 1 rings (SSSR count). The second-order valence-corrected chi connectivity index (χ2v) is 6.81. The Morgan fingerprint density at radius 1 is 1.50 bits per heavy atom. The zero-order chi connectivity index (χ0) is 15.3. The standard InChI is InChI=1S/C12H13BrN2O4S/c1-2-5-15(8-12(16)17)20(18,19)11-6-10(13)4-3-9(11)7-14/h3-4,6H,2,5,8H2,1H3,(H,16,17). The van der Waals surface area contributed by atoms with E-state index in [0.717, 1.165) is 4.31 Å². The molecule has 0 saturated carbocycles. The van der Waals surface area contributed by atoms with Gasteiger partial charge in [0.2, 0.25) is 10.0 Å². The predicted molar refractivity (Wildman–Crippen MR) is 75.5 cm³/mol. The molecule has 108 valence electrons. The summed E-state index contributed by atoms with van der Waals surface area (Å²) < 4.78 is 26.3. The van der Waals surface area contributed by atoms with E-state index in [-0.39, 0.29) is 17.0 Å².